The number of hydrogen-bond donors (Lipinski definition) is 3. The van der Waals surface area contributed by atoms with Crippen LogP contribution in [0.1, 0.15) is 36.5 Å². The van der Waals surface area contributed by atoms with Crippen molar-refractivity contribution in [3.63, 3.8) is 0 Å². The number of pyridine rings is 1. The Morgan fingerprint density at radius 2 is 2.12 bits per heavy atom. The SMILES string of the molecule is C1CCOC1.CCCS(=O)Nc1ccc(Cl)c(C(=O)Nc2cnc3[nH]nc(OC)c3c2)c1F. The standard InChI is InChI=1S/C17H17ClFN5O3S.C4H8O/c1-3-6-28(26)24-12-5-4-11(18)13(14(12)19)16(25)21-9-7-10-15(20-8-9)22-23-17(10)27-2;1-2-4-5-3-1/h4-5,7-8,24H,3,6H2,1-2H3,(H,21,25)(H,20,22,23);1-4H2. The first-order valence-electron chi connectivity index (χ1n) is 10.3. The number of rotatable bonds is 7. The van der Waals surface area contributed by atoms with Crippen LogP contribution >= 0.6 is 11.6 Å². The number of hydrogen-bond acceptors (Lipinski definition) is 6. The van der Waals surface area contributed by atoms with Crippen molar-refractivity contribution in [1.29, 1.82) is 0 Å². The highest BCUT2D eigenvalue weighted by atomic mass is 35.5. The second kappa shape index (κ2) is 11.9. The van der Waals surface area contributed by atoms with Gasteiger partial charge in [-0.3, -0.25) is 9.89 Å². The van der Waals surface area contributed by atoms with Gasteiger partial charge in [0.25, 0.3) is 5.91 Å². The van der Waals surface area contributed by atoms with Crippen LogP contribution in [0, 0.1) is 5.82 Å². The number of fused-ring (bicyclic) bond motifs is 1. The lowest BCUT2D eigenvalue weighted by atomic mass is 10.1. The molecule has 1 aliphatic rings. The van der Waals surface area contributed by atoms with Crippen LogP contribution in [0.3, 0.4) is 0 Å². The molecule has 12 heteroatoms. The Morgan fingerprint density at radius 3 is 2.76 bits per heavy atom. The number of H-pyrrole nitrogens is 1. The molecule has 3 heterocycles. The number of benzene rings is 1. The van der Waals surface area contributed by atoms with E-state index in [2.05, 4.69) is 25.2 Å². The molecule has 3 aromatic rings. The van der Waals surface area contributed by atoms with Gasteiger partial charge in [0.1, 0.15) is 11.0 Å². The molecule has 0 radical (unpaired) electrons. The largest absolute Gasteiger partial charge is 0.479 e. The van der Waals surface area contributed by atoms with Crippen LogP contribution in [-0.2, 0) is 15.7 Å². The average Bonchev–Trinajstić information content (AvgIpc) is 3.49. The number of aromatic nitrogens is 3. The highest BCUT2D eigenvalue weighted by Gasteiger charge is 2.21. The van der Waals surface area contributed by atoms with Crippen molar-refractivity contribution in [2.24, 2.45) is 0 Å². The van der Waals surface area contributed by atoms with Crippen LogP contribution in [-0.4, -0.2) is 51.4 Å². The van der Waals surface area contributed by atoms with Crippen molar-refractivity contribution in [2.75, 3.05) is 36.1 Å². The van der Waals surface area contributed by atoms with Crippen LogP contribution in [0.5, 0.6) is 5.88 Å². The number of methoxy groups -OCH3 is 1. The lowest BCUT2D eigenvalue weighted by Gasteiger charge is -2.12. The monoisotopic (exact) mass is 497 g/mol. The van der Waals surface area contributed by atoms with Gasteiger partial charge in [0.15, 0.2) is 11.5 Å². The van der Waals surface area contributed by atoms with Gasteiger partial charge in [0.05, 0.1) is 40.7 Å². The minimum atomic E-state index is -1.46. The van der Waals surface area contributed by atoms with E-state index < -0.39 is 22.7 Å². The fourth-order valence-corrected chi connectivity index (χ4v) is 4.11. The van der Waals surface area contributed by atoms with Gasteiger partial charge in [0.2, 0.25) is 5.88 Å². The lowest BCUT2D eigenvalue weighted by molar-refractivity contribution is 0.102. The smallest absolute Gasteiger partial charge is 0.260 e. The number of amides is 1. The first-order valence-corrected chi connectivity index (χ1v) is 12.0. The van der Waals surface area contributed by atoms with Gasteiger partial charge in [-0.25, -0.2) is 13.6 Å². The van der Waals surface area contributed by atoms with E-state index in [-0.39, 0.29) is 16.3 Å². The van der Waals surface area contributed by atoms with Gasteiger partial charge in [-0.15, -0.1) is 5.10 Å². The second-order valence-electron chi connectivity index (χ2n) is 7.06. The van der Waals surface area contributed by atoms with Crippen molar-refractivity contribution >= 4 is 50.9 Å². The van der Waals surface area contributed by atoms with E-state index in [0.29, 0.717) is 34.8 Å². The maximum Gasteiger partial charge on any atom is 0.260 e. The molecule has 3 N–H and O–H groups in total. The molecule has 4 rings (SSSR count). The molecular weight excluding hydrogens is 473 g/mol. The van der Waals surface area contributed by atoms with E-state index in [9.17, 15) is 13.4 Å². The Morgan fingerprint density at radius 1 is 1.36 bits per heavy atom. The maximum absolute atomic E-state index is 14.8. The zero-order valence-electron chi connectivity index (χ0n) is 18.2. The number of halogens is 2. The molecule has 0 spiro atoms. The summed E-state index contributed by atoms with van der Waals surface area (Å²) < 4.78 is 39.3. The Labute approximate surface area is 198 Å². The molecule has 1 saturated heterocycles. The van der Waals surface area contributed by atoms with Crippen molar-refractivity contribution in [3.05, 3.63) is 40.8 Å². The maximum atomic E-state index is 14.8. The van der Waals surface area contributed by atoms with Crippen molar-refractivity contribution in [1.82, 2.24) is 15.2 Å². The lowest BCUT2D eigenvalue weighted by Crippen LogP contribution is -2.17. The third-order valence-electron chi connectivity index (χ3n) is 4.59. The molecule has 1 amide bonds. The zero-order valence-corrected chi connectivity index (χ0v) is 19.8. The predicted octanol–water partition coefficient (Wildman–Crippen LogP) is 4.29. The first-order chi connectivity index (χ1) is 15.9. The summed E-state index contributed by atoms with van der Waals surface area (Å²) in [5.74, 6) is -0.991. The highest BCUT2D eigenvalue weighted by molar-refractivity contribution is 7.86. The molecule has 33 heavy (non-hydrogen) atoms. The minimum absolute atomic E-state index is 0.0635. The van der Waals surface area contributed by atoms with E-state index in [4.69, 9.17) is 21.1 Å². The second-order valence-corrected chi connectivity index (χ2v) is 8.77. The van der Waals surface area contributed by atoms with Crippen LogP contribution in [0.2, 0.25) is 5.02 Å². The van der Waals surface area contributed by atoms with Crippen LogP contribution in [0.25, 0.3) is 11.0 Å². The summed E-state index contributed by atoms with van der Waals surface area (Å²) in [6.07, 6.45) is 4.61. The van der Waals surface area contributed by atoms with E-state index in [1.54, 1.807) is 6.07 Å². The molecule has 1 aromatic carbocycles. The number of anilines is 2. The van der Waals surface area contributed by atoms with Crippen molar-refractivity contribution in [2.45, 2.75) is 26.2 Å². The third-order valence-corrected chi connectivity index (χ3v) is 6.13. The predicted molar refractivity (Wildman–Crippen MR) is 127 cm³/mol. The first kappa shape index (κ1) is 24.9. The number of nitrogens with one attached hydrogen (secondary N) is 3. The summed E-state index contributed by atoms with van der Waals surface area (Å²) in [4.78, 5) is 16.8. The third kappa shape index (κ3) is 6.40. The Bertz CT molecular complexity index is 1130. The summed E-state index contributed by atoms with van der Waals surface area (Å²) in [6.45, 7) is 3.86. The normalized spacial score (nSPS) is 13.8. The quantitative estimate of drug-likeness (QED) is 0.448. The molecular formula is C21H25ClFN5O4S. The topological polar surface area (TPSA) is 118 Å². The van der Waals surface area contributed by atoms with Crippen LogP contribution in [0.4, 0.5) is 15.8 Å². The Kier molecular flexibility index (Phi) is 8.98. The van der Waals surface area contributed by atoms with Crippen molar-refractivity contribution in [3.8, 4) is 5.88 Å². The number of nitrogens with zero attached hydrogens (tertiary/aromatic N) is 2. The molecule has 1 aliphatic heterocycles. The van der Waals surface area contributed by atoms with E-state index in [1.807, 2.05) is 6.92 Å². The molecule has 2 aromatic heterocycles. The molecule has 1 fully saturated rings. The fraction of sp³-hybridized carbons (Fsp3) is 0.381. The molecule has 0 aliphatic carbocycles. The molecule has 0 saturated carbocycles. The summed E-state index contributed by atoms with van der Waals surface area (Å²) in [6, 6.07) is 4.30. The van der Waals surface area contributed by atoms with Crippen molar-refractivity contribution < 1.29 is 22.9 Å². The number of aromatic amines is 1. The summed E-state index contributed by atoms with van der Waals surface area (Å²) in [5.41, 5.74) is 0.357. The summed E-state index contributed by atoms with van der Waals surface area (Å²) in [7, 11) is -0.00600. The fourth-order valence-electron chi connectivity index (χ4n) is 3.01. The Hall–Kier alpha value is -2.76. The molecule has 178 valence electrons. The van der Waals surface area contributed by atoms with Gasteiger partial charge >= 0.3 is 0 Å². The highest BCUT2D eigenvalue weighted by Crippen LogP contribution is 2.28. The van der Waals surface area contributed by atoms with Gasteiger partial charge in [-0.05, 0) is 37.5 Å². The molecule has 1 unspecified atom stereocenters. The molecule has 9 nitrogen and oxygen atoms in total. The molecule has 0 bridgehead atoms. The van der Waals surface area contributed by atoms with Crippen LogP contribution in [0.15, 0.2) is 24.4 Å². The number of carbonyl (C=O) groups is 1. The van der Waals surface area contributed by atoms with E-state index in [0.717, 1.165) is 13.2 Å². The Balaban J connectivity index is 0.000000541. The molecule has 1 atom stereocenters. The number of ether oxygens (including phenoxy) is 2. The summed E-state index contributed by atoms with van der Waals surface area (Å²) in [5, 5.41) is 9.66. The van der Waals surface area contributed by atoms with Gasteiger partial charge in [-0.1, -0.05) is 18.5 Å². The van der Waals surface area contributed by atoms with E-state index >= 15 is 0 Å². The zero-order chi connectivity index (χ0) is 23.8. The van der Waals surface area contributed by atoms with Gasteiger partial charge < -0.3 is 19.5 Å². The minimum Gasteiger partial charge on any atom is -0.479 e. The van der Waals surface area contributed by atoms with Gasteiger partial charge in [0, 0.05) is 19.0 Å². The van der Waals surface area contributed by atoms with Gasteiger partial charge in [-0.2, -0.15) is 0 Å². The summed E-state index contributed by atoms with van der Waals surface area (Å²) >= 11 is 6.03. The number of carbonyl (C=O) groups excluding carboxylic acids is 1. The van der Waals surface area contributed by atoms with Crippen LogP contribution < -0.4 is 14.8 Å². The average molecular weight is 498 g/mol. The van der Waals surface area contributed by atoms with E-state index in [1.165, 1.54) is 38.3 Å².